The highest BCUT2D eigenvalue weighted by molar-refractivity contribution is 9.10. The number of benzene rings is 2. The fraction of sp³-hybridized carbons (Fsp3) is 0.105. The molecule has 26 heavy (non-hydrogen) atoms. The van der Waals surface area contributed by atoms with Crippen LogP contribution in [0.1, 0.15) is 11.9 Å². The van der Waals surface area contributed by atoms with Gasteiger partial charge >= 0.3 is 0 Å². The zero-order chi connectivity index (χ0) is 18.4. The summed E-state index contributed by atoms with van der Waals surface area (Å²) in [6.07, 6.45) is 0. The normalized spacial score (nSPS) is 11.0. The van der Waals surface area contributed by atoms with E-state index in [-0.39, 0.29) is 5.71 Å². The van der Waals surface area contributed by atoms with E-state index in [4.69, 9.17) is 4.74 Å². The van der Waals surface area contributed by atoms with E-state index in [0.717, 1.165) is 27.2 Å². The number of rotatable bonds is 6. The SMILES string of the molecule is CCOc1ccc(-c2csc(/C(C#N)=N\Nc3ccc(Br)cc3)n2)cc1. The molecule has 7 heteroatoms. The lowest BCUT2D eigenvalue weighted by Crippen LogP contribution is -2.01. The van der Waals surface area contributed by atoms with Crippen molar-refractivity contribution in [1.29, 1.82) is 5.26 Å². The van der Waals surface area contributed by atoms with Crippen molar-refractivity contribution in [2.75, 3.05) is 12.0 Å². The largest absolute Gasteiger partial charge is 0.494 e. The monoisotopic (exact) mass is 426 g/mol. The van der Waals surface area contributed by atoms with E-state index in [1.54, 1.807) is 0 Å². The summed E-state index contributed by atoms with van der Waals surface area (Å²) in [5, 5.41) is 16.1. The lowest BCUT2D eigenvalue weighted by molar-refractivity contribution is 0.340. The third-order valence-corrected chi connectivity index (χ3v) is 4.79. The zero-order valence-electron chi connectivity index (χ0n) is 13.9. The molecule has 0 aliphatic carbocycles. The number of hydrogen-bond acceptors (Lipinski definition) is 6. The highest BCUT2D eigenvalue weighted by Crippen LogP contribution is 2.24. The van der Waals surface area contributed by atoms with Gasteiger partial charge in [-0.2, -0.15) is 10.4 Å². The molecule has 0 fully saturated rings. The molecule has 3 aromatic rings. The van der Waals surface area contributed by atoms with Crippen LogP contribution in [-0.2, 0) is 0 Å². The minimum atomic E-state index is 0.245. The number of anilines is 1. The molecule has 0 radical (unpaired) electrons. The van der Waals surface area contributed by atoms with Gasteiger partial charge in [0, 0.05) is 15.4 Å². The van der Waals surface area contributed by atoms with Crippen LogP contribution in [0.5, 0.6) is 5.75 Å². The maximum atomic E-state index is 9.40. The summed E-state index contributed by atoms with van der Waals surface area (Å²) in [4.78, 5) is 4.53. The Balaban J connectivity index is 1.77. The Morgan fingerprint density at radius 3 is 2.62 bits per heavy atom. The minimum absolute atomic E-state index is 0.245. The molecule has 0 aliphatic heterocycles. The summed E-state index contributed by atoms with van der Waals surface area (Å²) >= 11 is 4.77. The number of hydrazone groups is 1. The van der Waals surface area contributed by atoms with Gasteiger partial charge in [-0.3, -0.25) is 5.43 Å². The second-order valence-corrected chi connectivity index (χ2v) is 6.96. The molecule has 0 amide bonds. The first-order chi connectivity index (χ1) is 12.7. The summed E-state index contributed by atoms with van der Waals surface area (Å²) in [6, 6.07) is 17.4. The van der Waals surface area contributed by atoms with Crippen LogP contribution in [0, 0.1) is 11.3 Å². The maximum absolute atomic E-state index is 9.40. The Morgan fingerprint density at radius 2 is 1.96 bits per heavy atom. The Morgan fingerprint density at radius 1 is 1.23 bits per heavy atom. The average molecular weight is 427 g/mol. The van der Waals surface area contributed by atoms with E-state index >= 15 is 0 Å². The van der Waals surface area contributed by atoms with Crippen molar-refractivity contribution in [3.63, 3.8) is 0 Å². The smallest absolute Gasteiger partial charge is 0.196 e. The highest BCUT2D eigenvalue weighted by Gasteiger charge is 2.10. The number of aromatic nitrogens is 1. The van der Waals surface area contributed by atoms with Crippen LogP contribution in [0.3, 0.4) is 0 Å². The van der Waals surface area contributed by atoms with Gasteiger partial charge in [0.15, 0.2) is 10.7 Å². The predicted octanol–water partition coefficient (Wildman–Crippen LogP) is 5.31. The fourth-order valence-electron chi connectivity index (χ4n) is 2.17. The summed E-state index contributed by atoms with van der Waals surface area (Å²) in [5.74, 6) is 0.824. The van der Waals surface area contributed by atoms with Crippen molar-refractivity contribution in [2.24, 2.45) is 5.10 Å². The van der Waals surface area contributed by atoms with Crippen molar-refractivity contribution < 1.29 is 4.74 Å². The molecule has 1 heterocycles. The van der Waals surface area contributed by atoms with Crippen molar-refractivity contribution >= 4 is 38.7 Å². The molecule has 0 saturated carbocycles. The second-order valence-electron chi connectivity index (χ2n) is 5.19. The molecule has 0 saturated heterocycles. The summed E-state index contributed by atoms with van der Waals surface area (Å²) in [6.45, 7) is 2.58. The van der Waals surface area contributed by atoms with Crippen LogP contribution in [-0.4, -0.2) is 17.3 Å². The number of thiazole rings is 1. The number of nitrogens with one attached hydrogen (secondary N) is 1. The molecule has 0 bridgehead atoms. The minimum Gasteiger partial charge on any atom is -0.494 e. The van der Waals surface area contributed by atoms with Crippen LogP contribution < -0.4 is 10.2 Å². The number of ether oxygens (including phenoxy) is 1. The molecule has 2 aromatic carbocycles. The first kappa shape index (κ1) is 18.1. The third-order valence-electron chi connectivity index (χ3n) is 3.41. The Hall–Kier alpha value is -2.69. The first-order valence-electron chi connectivity index (χ1n) is 7.88. The van der Waals surface area contributed by atoms with E-state index in [0.29, 0.717) is 11.6 Å². The van der Waals surface area contributed by atoms with Crippen molar-refractivity contribution in [1.82, 2.24) is 4.98 Å². The molecule has 0 atom stereocenters. The van der Waals surface area contributed by atoms with E-state index in [1.807, 2.05) is 60.8 Å². The molecule has 130 valence electrons. The van der Waals surface area contributed by atoms with Crippen LogP contribution in [0.4, 0.5) is 5.69 Å². The van der Waals surface area contributed by atoms with E-state index in [1.165, 1.54) is 11.3 Å². The van der Waals surface area contributed by atoms with Gasteiger partial charge in [0.05, 0.1) is 18.0 Å². The Bertz CT molecular complexity index is 943. The number of hydrogen-bond donors (Lipinski definition) is 1. The molecular weight excluding hydrogens is 412 g/mol. The quantitative estimate of drug-likeness (QED) is 0.428. The molecular formula is C19H15BrN4OS. The molecule has 5 nitrogen and oxygen atoms in total. The Kier molecular flexibility index (Phi) is 6.00. The van der Waals surface area contributed by atoms with Gasteiger partial charge in [-0.15, -0.1) is 11.3 Å². The van der Waals surface area contributed by atoms with E-state index in [9.17, 15) is 5.26 Å². The lowest BCUT2D eigenvalue weighted by atomic mass is 10.2. The molecule has 0 aliphatic rings. The third kappa shape index (κ3) is 4.48. The van der Waals surface area contributed by atoms with Crippen molar-refractivity contribution in [2.45, 2.75) is 6.92 Å². The first-order valence-corrected chi connectivity index (χ1v) is 9.55. The summed E-state index contributed by atoms with van der Waals surface area (Å²) in [7, 11) is 0. The summed E-state index contributed by atoms with van der Waals surface area (Å²) in [5.41, 5.74) is 5.70. The number of halogens is 1. The van der Waals surface area contributed by atoms with Gasteiger partial charge in [0.2, 0.25) is 0 Å². The van der Waals surface area contributed by atoms with Crippen molar-refractivity contribution in [3.05, 3.63) is 63.4 Å². The topological polar surface area (TPSA) is 70.3 Å². The predicted molar refractivity (Wildman–Crippen MR) is 109 cm³/mol. The Labute approximate surface area is 164 Å². The summed E-state index contributed by atoms with van der Waals surface area (Å²) < 4.78 is 6.43. The van der Waals surface area contributed by atoms with Gasteiger partial charge in [0.25, 0.3) is 0 Å². The maximum Gasteiger partial charge on any atom is 0.196 e. The van der Waals surface area contributed by atoms with Crippen LogP contribution in [0.2, 0.25) is 0 Å². The van der Waals surface area contributed by atoms with Crippen LogP contribution >= 0.6 is 27.3 Å². The highest BCUT2D eigenvalue weighted by atomic mass is 79.9. The standard InChI is InChI=1S/C19H15BrN4OS/c1-2-25-16-9-3-13(4-10-16)18-12-26-19(22-18)17(11-21)24-23-15-7-5-14(20)6-8-15/h3-10,12,23H,2H2,1H3/b24-17-. The average Bonchev–Trinajstić information content (AvgIpc) is 3.15. The van der Waals surface area contributed by atoms with Gasteiger partial charge in [-0.1, -0.05) is 15.9 Å². The van der Waals surface area contributed by atoms with Gasteiger partial charge in [-0.05, 0) is 55.5 Å². The van der Waals surface area contributed by atoms with Gasteiger partial charge in [0.1, 0.15) is 11.8 Å². The number of nitrogens with zero attached hydrogens (tertiary/aromatic N) is 3. The fourth-order valence-corrected chi connectivity index (χ4v) is 3.20. The number of nitriles is 1. The molecule has 0 unspecified atom stereocenters. The zero-order valence-corrected chi connectivity index (χ0v) is 16.3. The lowest BCUT2D eigenvalue weighted by Gasteiger charge is -2.03. The molecule has 1 aromatic heterocycles. The van der Waals surface area contributed by atoms with E-state index < -0.39 is 0 Å². The van der Waals surface area contributed by atoms with Crippen LogP contribution in [0.15, 0.2) is 63.5 Å². The van der Waals surface area contributed by atoms with Crippen LogP contribution in [0.25, 0.3) is 11.3 Å². The molecule has 3 rings (SSSR count). The van der Waals surface area contributed by atoms with E-state index in [2.05, 4.69) is 37.5 Å². The van der Waals surface area contributed by atoms with Gasteiger partial charge < -0.3 is 4.74 Å². The van der Waals surface area contributed by atoms with Crippen molar-refractivity contribution in [3.8, 4) is 23.1 Å². The van der Waals surface area contributed by atoms with Gasteiger partial charge in [-0.25, -0.2) is 4.98 Å². The molecule has 1 N–H and O–H groups in total. The second kappa shape index (κ2) is 8.61. The molecule has 0 spiro atoms.